The number of rotatable bonds is 8. The van der Waals surface area contributed by atoms with E-state index in [1.54, 1.807) is 7.11 Å². The molecule has 1 aliphatic rings. The van der Waals surface area contributed by atoms with Crippen LogP contribution >= 0.6 is 0 Å². The van der Waals surface area contributed by atoms with E-state index < -0.39 is 0 Å². The van der Waals surface area contributed by atoms with E-state index in [0.29, 0.717) is 6.42 Å². The molecule has 2 heterocycles. The summed E-state index contributed by atoms with van der Waals surface area (Å²) < 4.78 is 7.41. The van der Waals surface area contributed by atoms with Crippen molar-refractivity contribution in [2.45, 2.75) is 46.2 Å². The number of nitrogens with one attached hydrogen (secondary N) is 1. The van der Waals surface area contributed by atoms with Gasteiger partial charge in [-0.05, 0) is 23.6 Å². The summed E-state index contributed by atoms with van der Waals surface area (Å²) in [5, 5.41) is 12.0. The van der Waals surface area contributed by atoms with Gasteiger partial charge in [-0.3, -0.25) is 9.69 Å². The lowest BCUT2D eigenvalue weighted by molar-refractivity contribution is -0.121. The van der Waals surface area contributed by atoms with Crippen molar-refractivity contribution in [2.24, 2.45) is 5.92 Å². The molecule has 1 atom stereocenters. The van der Waals surface area contributed by atoms with Gasteiger partial charge < -0.3 is 14.6 Å². The van der Waals surface area contributed by atoms with E-state index in [2.05, 4.69) is 63.1 Å². The Morgan fingerprint density at radius 2 is 1.97 bits per heavy atom. The molecule has 7 heteroatoms. The molecule has 1 N–H and O–H groups in total. The second-order valence-corrected chi connectivity index (χ2v) is 7.99. The number of fused-ring (bicyclic) bond motifs is 1. The Bertz CT molecular complexity index is 857. The molecule has 1 amide bonds. The van der Waals surface area contributed by atoms with Crippen LogP contribution in [0.3, 0.4) is 0 Å². The molecule has 0 bridgehead atoms. The number of aromatic nitrogens is 3. The Kier molecular flexibility index (Phi) is 7.63. The minimum atomic E-state index is -0.111. The lowest BCUT2D eigenvalue weighted by Crippen LogP contribution is -2.34. The highest BCUT2D eigenvalue weighted by Crippen LogP contribution is 2.22. The van der Waals surface area contributed by atoms with Gasteiger partial charge in [-0.25, -0.2) is 0 Å². The fourth-order valence-corrected chi connectivity index (χ4v) is 3.66. The van der Waals surface area contributed by atoms with E-state index >= 15 is 0 Å². The van der Waals surface area contributed by atoms with Gasteiger partial charge in [-0.15, -0.1) is 10.2 Å². The predicted octanol–water partition coefficient (Wildman–Crippen LogP) is 3.08. The molecular weight excluding hydrogens is 378 g/mol. The first-order valence-corrected chi connectivity index (χ1v) is 10.8. The maximum atomic E-state index is 12.0. The van der Waals surface area contributed by atoms with Gasteiger partial charge in [-0.1, -0.05) is 45.1 Å². The van der Waals surface area contributed by atoms with Crippen LogP contribution in [0, 0.1) is 5.92 Å². The zero-order valence-electron chi connectivity index (χ0n) is 18.5. The summed E-state index contributed by atoms with van der Waals surface area (Å²) in [6, 6.07) is 7.95. The average Bonchev–Trinajstić information content (AvgIpc) is 3.04. The molecule has 30 heavy (non-hydrogen) atoms. The Morgan fingerprint density at radius 3 is 2.63 bits per heavy atom. The maximum Gasteiger partial charge on any atom is 0.220 e. The van der Waals surface area contributed by atoms with Crippen LogP contribution in [0.5, 0.6) is 5.75 Å². The van der Waals surface area contributed by atoms with E-state index in [9.17, 15) is 4.79 Å². The van der Waals surface area contributed by atoms with E-state index in [1.165, 1.54) is 0 Å². The lowest BCUT2D eigenvalue weighted by atomic mass is 10.0. The van der Waals surface area contributed by atoms with Gasteiger partial charge in [0.15, 0.2) is 5.82 Å². The van der Waals surface area contributed by atoms with Crippen molar-refractivity contribution in [1.29, 1.82) is 0 Å². The molecule has 2 aromatic rings. The number of hydrogen-bond acceptors (Lipinski definition) is 5. The average molecular weight is 412 g/mol. The van der Waals surface area contributed by atoms with Gasteiger partial charge >= 0.3 is 0 Å². The van der Waals surface area contributed by atoms with Crippen LogP contribution in [-0.2, 0) is 17.8 Å². The molecule has 1 aliphatic heterocycles. The van der Waals surface area contributed by atoms with Gasteiger partial charge in [0.2, 0.25) is 5.91 Å². The second-order valence-electron chi connectivity index (χ2n) is 7.99. The third kappa shape index (κ3) is 5.48. The van der Waals surface area contributed by atoms with E-state index in [4.69, 9.17) is 4.74 Å². The molecule has 0 aliphatic carbocycles. The summed E-state index contributed by atoms with van der Waals surface area (Å²) in [4.78, 5) is 14.4. The van der Waals surface area contributed by atoms with Crippen molar-refractivity contribution in [2.75, 3.05) is 26.7 Å². The first-order valence-electron chi connectivity index (χ1n) is 10.8. The smallest absolute Gasteiger partial charge is 0.220 e. The number of methoxy groups -OCH3 is 1. The molecule has 7 nitrogen and oxygen atoms in total. The van der Waals surface area contributed by atoms with E-state index in [-0.39, 0.29) is 17.9 Å². The molecule has 0 fully saturated rings. The van der Waals surface area contributed by atoms with Crippen LogP contribution in [0.15, 0.2) is 30.3 Å². The normalized spacial score (nSPS) is 15.8. The number of hydrogen-bond donors (Lipinski definition) is 1. The highest BCUT2D eigenvalue weighted by molar-refractivity contribution is 5.75. The zero-order chi connectivity index (χ0) is 21.5. The van der Waals surface area contributed by atoms with Crippen molar-refractivity contribution in [3.8, 4) is 5.75 Å². The van der Waals surface area contributed by atoms with Gasteiger partial charge in [0.05, 0.1) is 13.2 Å². The fourth-order valence-electron chi connectivity index (χ4n) is 3.66. The number of carbonyl (C=O) groups excluding carboxylic acids is 1. The molecule has 3 rings (SSSR count). The largest absolute Gasteiger partial charge is 0.497 e. The number of benzene rings is 1. The van der Waals surface area contributed by atoms with Crippen molar-refractivity contribution in [3.05, 3.63) is 47.6 Å². The van der Waals surface area contributed by atoms with Gasteiger partial charge in [0.25, 0.3) is 0 Å². The molecule has 0 radical (unpaired) electrons. The monoisotopic (exact) mass is 411 g/mol. The molecule has 0 saturated carbocycles. The number of amides is 1. The summed E-state index contributed by atoms with van der Waals surface area (Å²) >= 11 is 0. The highest BCUT2D eigenvalue weighted by atomic mass is 16.5. The topological polar surface area (TPSA) is 72.3 Å². The maximum absolute atomic E-state index is 12.0. The highest BCUT2D eigenvalue weighted by Gasteiger charge is 2.26. The first kappa shape index (κ1) is 22.0. The minimum absolute atomic E-state index is 0.0463. The van der Waals surface area contributed by atoms with Crippen molar-refractivity contribution in [1.82, 2.24) is 25.0 Å². The summed E-state index contributed by atoms with van der Waals surface area (Å²) in [6.45, 7) is 9.67. The summed E-state index contributed by atoms with van der Waals surface area (Å²) in [5.74, 6) is 3.04. The van der Waals surface area contributed by atoms with E-state index in [1.807, 2.05) is 19.1 Å². The SMILES string of the molecule is CCC(=O)NC(c1nnc2n1CCN(C/C=C/c1ccc(OC)cc1)CC2)C(C)C. The van der Waals surface area contributed by atoms with Crippen LogP contribution in [0.1, 0.15) is 50.4 Å². The van der Waals surface area contributed by atoms with Crippen LogP contribution in [0.25, 0.3) is 6.08 Å². The van der Waals surface area contributed by atoms with Crippen molar-refractivity contribution in [3.63, 3.8) is 0 Å². The van der Waals surface area contributed by atoms with Crippen LogP contribution in [0.2, 0.25) is 0 Å². The molecular formula is C23H33N5O2. The third-order valence-corrected chi connectivity index (χ3v) is 5.52. The standard InChI is InChI=1S/C23H33N5O2/c1-5-21(29)24-22(17(2)3)23-26-25-20-12-14-27(15-16-28(20)23)13-6-7-18-8-10-19(30-4)11-9-18/h6-11,17,22H,5,12-16H2,1-4H3,(H,24,29)/b7-6+. The molecule has 1 aromatic carbocycles. The quantitative estimate of drug-likeness (QED) is 0.723. The number of nitrogens with zero attached hydrogens (tertiary/aromatic N) is 4. The zero-order valence-corrected chi connectivity index (χ0v) is 18.5. The van der Waals surface area contributed by atoms with Crippen molar-refractivity contribution < 1.29 is 9.53 Å². The fraction of sp³-hybridized carbons (Fsp3) is 0.522. The first-order chi connectivity index (χ1) is 14.5. The Labute approximate surface area is 179 Å². The van der Waals surface area contributed by atoms with Gasteiger partial charge in [0.1, 0.15) is 11.6 Å². The third-order valence-electron chi connectivity index (χ3n) is 5.52. The van der Waals surface area contributed by atoms with Crippen LogP contribution in [0.4, 0.5) is 0 Å². The summed E-state index contributed by atoms with van der Waals surface area (Å²) in [6.07, 6.45) is 5.67. The van der Waals surface area contributed by atoms with Crippen LogP contribution in [-0.4, -0.2) is 52.3 Å². The molecule has 162 valence electrons. The molecule has 0 spiro atoms. The van der Waals surface area contributed by atoms with Gasteiger partial charge in [-0.2, -0.15) is 0 Å². The molecule has 1 unspecified atom stereocenters. The Hall–Kier alpha value is -2.67. The van der Waals surface area contributed by atoms with E-state index in [0.717, 1.165) is 55.6 Å². The number of carbonyl (C=O) groups is 1. The lowest BCUT2D eigenvalue weighted by Gasteiger charge is -2.23. The summed E-state index contributed by atoms with van der Waals surface area (Å²) in [7, 11) is 1.68. The molecule has 1 aromatic heterocycles. The molecule has 0 saturated heterocycles. The minimum Gasteiger partial charge on any atom is -0.497 e. The Balaban J connectivity index is 1.62. The predicted molar refractivity (Wildman–Crippen MR) is 118 cm³/mol. The Morgan fingerprint density at radius 1 is 1.20 bits per heavy atom. The van der Waals surface area contributed by atoms with Crippen LogP contribution < -0.4 is 10.1 Å². The number of ether oxygens (including phenoxy) is 1. The second kappa shape index (κ2) is 10.4. The van der Waals surface area contributed by atoms with Crippen molar-refractivity contribution >= 4 is 12.0 Å². The summed E-state index contributed by atoms with van der Waals surface area (Å²) in [5.41, 5.74) is 1.16. The van der Waals surface area contributed by atoms with Gasteiger partial charge in [0, 0.05) is 39.0 Å².